The van der Waals surface area contributed by atoms with Gasteiger partial charge in [-0.1, -0.05) is 60.2 Å². The topological polar surface area (TPSA) is 94.8 Å². The van der Waals surface area contributed by atoms with Gasteiger partial charge in [0.1, 0.15) is 17.5 Å². The number of amides is 1. The van der Waals surface area contributed by atoms with Gasteiger partial charge in [-0.2, -0.15) is 10.4 Å². The molecule has 5 rings (SSSR count). The molecule has 0 aromatic heterocycles. The molecule has 2 aromatic rings. The fraction of sp³-hybridized carbons (Fsp3) is 0.154. The van der Waals surface area contributed by atoms with E-state index in [0.717, 1.165) is 12.0 Å². The minimum atomic E-state index is -1.59. The van der Waals surface area contributed by atoms with E-state index < -0.39 is 17.6 Å². The predicted molar refractivity (Wildman–Crippen MR) is 128 cm³/mol. The molecule has 0 bridgehead atoms. The van der Waals surface area contributed by atoms with Crippen molar-refractivity contribution >= 4 is 34.7 Å². The van der Waals surface area contributed by atoms with E-state index in [4.69, 9.17) is 16.3 Å². The molecule has 2 aromatic carbocycles. The minimum Gasteiger partial charge on any atom is -0.464 e. The Morgan fingerprint density at radius 1 is 1.18 bits per heavy atom. The number of ether oxygens (including phenoxy) is 1. The maximum atomic E-state index is 13.5. The first-order valence-corrected chi connectivity index (χ1v) is 11.1. The zero-order chi connectivity index (χ0) is 23.7. The number of halogens is 1. The average molecular weight is 471 g/mol. The fourth-order valence-electron chi connectivity index (χ4n) is 4.21. The first-order chi connectivity index (χ1) is 16.6. The van der Waals surface area contributed by atoms with Gasteiger partial charge in [0.2, 0.25) is 11.7 Å². The number of Topliss-reactive ketones (excluding diaryl/α,β-unsaturated/α-hetero) is 1. The molecule has 0 fully saturated rings. The molecular formula is C26H19ClN4O3. The molecule has 0 spiro atoms. The number of nitrogens with zero attached hydrogens (tertiary/aromatic N) is 3. The van der Waals surface area contributed by atoms with Gasteiger partial charge in [0.05, 0.1) is 18.4 Å². The molecule has 2 aliphatic heterocycles. The molecule has 1 amide bonds. The summed E-state index contributed by atoms with van der Waals surface area (Å²) in [6, 6.07) is 15.3. The van der Waals surface area contributed by atoms with Crippen molar-refractivity contribution in [3.8, 4) is 11.8 Å². The lowest BCUT2D eigenvalue weighted by molar-refractivity contribution is -0.125. The Morgan fingerprint density at radius 2 is 1.97 bits per heavy atom. The molecule has 0 saturated heterocycles. The van der Waals surface area contributed by atoms with Gasteiger partial charge in [0, 0.05) is 21.8 Å². The van der Waals surface area contributed by atoms with Crippen molar-refractivity contribution in [2.24, 2.45) is 11.0 Å². The van der Waals surface area contributed by atoms with Gasteiger partial charge in [-0.05, 0) is 30.7 Å². The number of hydrogen-bond donors (Lipinski definition) is 1. The summed E-state index contributed by atoms with van der Waals surface area (Å²) in [5.41, 5.74) is 1.81. The van der Waals surface area contributed by atoms with Crippen LogP contribution in [0.4, 0.5) is 5.69 Å². The average Bonchev–Trinajstić information content (AvgIpc) is 3.25. The third-order valence-electron chi connectivity index (χ3n) is 5.80. The number of benzene rings is 2. The lowest BCUT2D eigenvalue weighted by Crippen LogP contribution is -2.34. The van der Waals surface area contributed by atoms with Gasteiger partial charge >= 0.3 is 0 Å². The van der Waals surface area contributed by atoms with E-state index in [-0.39, 0.29) is 17.8 Å². The number of carbonyl (C=O) groups excluding carboxylic acids is 2. The van der Waals surface area contributed by atoms with Crippen molar-refractivity contribution in [2.45, 2.75) is 18.5 Å². The number of para-hydroxylation sites is 1. The molecule has 1 N–H and O–H groups in total. The second-order valence-corrected chi connectivity index (χ2v) is 8.41. The van der Waals surface area contributed by atoms with Gasteiger partial charge < -0.3 is 10.1 Å². The monoisotopic (exact) mass is 470 g/mol. The molecule has 0 radical (unpaired) electrons. The van der Waals surface area contributed by atoms with Crippen LogP contribution in [0.15, 0.2) is 89.8 Å². The van der Waals surface area contributed by atoms with Gasteiger partial charge in [0.15, 0.2) is 5.92 Å². The number of anilines is 1. The van der Waals surface area contributed by atoms with E-state index in [1.54, 1.807) is 24.3 Å². The van der Waals surface area contributed by atoms with Gasteiger partial charge in [0.25, 0.3) is 0 Å². The zero-order valence-corrected chi connectivity index (χ0v) is 18.6. The van der Waals surface area contributed by atoms with Crippen LogP contribution in [-0.2, 0) is 9.59 Å². The van der Waals surface area contributed by atoms with Gasteiger partial charge in [-0.25, -0.2) is 0 Å². The highest BCUT2D eigenvalue weighted by Crippen LogP contribution is 2.44. The first-order valence-electron chi connectivity index (χ1n) is 10.7. The highest BCUT2D eigenvalue weighted by molar-refractivity contribution is 6.50. The molecule has 1 aliphatic carbocycles. The van der Waals surface area contributed by atoms with Crippen molar-refractivity contribution in [1.82, 2.24) is 5.01 Å². The minimum absolute atomic E-state index is 0.0414. The Kier molecular flexibility index (Phi) is 5.74. The number of ketones is 1. The highest BCUT2D eigenvalue weighted by atomic mass is 35.5. The van der Waals surface area contributed by atoms with Gasteiger partial charge in [-0.3, -0.25) is 14.6 Å². The Hall–Kier alpha value is -4.15. The standard InChI is InChI=1S/C26H19ClN4O3/c27-16-7-6-8-17(13-16)29-26(33)20(14-28)25(32)23-21-15-34-22-12-5-4-11-19(22)24(21)31(30-23)18-9-2-1-3-10-18/h2-13,15,18,20,24H,1H2,(H,29,33). The maximum absolute atomic E-state index is 13.5. The summed E-state index contributed by atoms with van der Waals surface area (Å²) in [7, 11) is 0. The summed E-state index contributed by atoms with van der Waals surface area (Å²) < 4.78 is 5.78. The highest BCUT2D eigenvalue weighted by Gasteiger charge is 2.45. The largest absolute Gasteiger partial charge is 0.464 e. The summed E-state index contributed by atoms with van der Waals surface area (Å²) in [6.07, 6.45) is 10.4. The molecule has 34 heavy (non-hydrogen) atoms. The third kappa shape index (κ3) is 3.89. The Morgan fingerprint density at radius 3 is 2.74 bits per heavy atom. The van der Waals surface area contributed by atoms with E-state index in [9.17, 15) is 14.9 Å². The van der Waals surface area contributed by atoms with Crippen molar-refractivity contribution in [3.63, 3.8) is 0 Å². The van der Waals surface area contributed by atoms with E-state index in [0.29, 0.717) is 22.0 Å². The predicted octanol–water partition coefficient (Wildman–Crippen LogP) is 4.56. The summed E-state index contributed by atoms with van der Waals surface area (Å²) in [5, 5.41) is 19.2. The number of hydrogen-bond acceptors (Lipinski definition) is 6. The number of nitriles is 1. The third-order valence-corrected chi connectivity index (χ3v) is 6.03. The number of fused-ring (bicyclic) bond motifs is 3. The van der Waals surface area contributed by atoms with E-state index in [2.05, 4.69) is 10.4 Å². The fourth-order valence-corrected chi connectivity index (χ4v) is 4.40. The Balaban J connectivity index is 1.48. The van der Waals surface area contributed by atoms with E-state index in [1.165, 1.54) is 6.26 Å². The van der Waals surface area contributed by atoms with Crippen LogP contribution in [0.1, 0.15) is 18.0 Å². The van der Waals surface area contributed by atoms with Crippen LogP contribution >= 0.6 is 11.6 Å². The number of rotatable bonds is 5. The Labute approximate surface area is 201 Å². The molecule has 2 unspecified atom stereocenters. The number of nitrogens with one attached hydrogen (secondary N) is 1. The lowest BCUT2D eigenvalue weighted by Gasteiger charge is -2.32. The van der Waals surface area contributed by atoms with E-state index >= 15 is 0 Å². The van der Waals surface area contributed by atoms with Crippen molar-refractivity contribution in [2.75, 3.05) is 5.32 Å². The molecule has 8 heteroatoms. The number of carbonyl (C=O) groups is 2. The van der Waals surface area contributed by atoms with Crippen LogP contribution in [0.3, 0.4) is 0 Å². The van der Waals surface area contributed by atoms with Crippen LogP contribution in [0.5, 0.6) is 5.75 Å². The number of hydrazone groups is 1. The molecular weight excluding hydrogens is 452 g/mol. The Bertz CT molecular complexity index is 1330. The van der Waals surface area contributed by atoms with Crippen LogP contribution in [0.25, 0.3) is 0 Å². The van der Waals surface area contributed by atoms with E-state index in [1.807, 2.05) is 59.6 Å². The lowest BCUT2D eigenvalue weighted by atomic mass is 9.89. The second kappa shape index (κ2) is 9.00. The van der Waals surface area contributed by atoms with Crippen molar-refractivity contribution in [1.29, 1.82) is 5.26 Å². The summed E-state index contributed by atoms with van der Waals surface area (Å²) in [4.78, 5) is 26.3. The molecule has 2 heterocycles. The quantitative estimate of drug-likeness (QED) is 0.510. The molecule has 7 nitrogen and oxygen atoms in total. The van der Waals surface area contributed by atoms with Crippen molar-refractivity contribution in [3.05, 3.63) is 95.3 Å². The first kappa shape index (κ1) is 21.7. The number of allylic oxidation sites excluding steroid dienone is 2. The SMILES string of the molecule is N#CC(C(=O)Nc1cccc(Cl)c1)C(=O)C1=NN(C2C=CCC=C2)C2C1=COc1ccccc12. The molecule has 3 aliphatic rings. The zero-order valence-electron chi connectivity index (χ0n) is 17.9. The summed E-state index contributed by atoms with van der Waals surface area (Å²) in [6.45, 7) is 0. The van der Waals surface area contributed by atoms with Crippen LogP contribution in [-0.4, -0.2) is 28.5 Å². The second-order valence-electron chi connectivity index (χ2n) is 7.97. The normalized spacial score (nSPS) is 19.2. The maximum Gasteiger partial charge on any atom is 0.249 e. The summed E-state index contributed by atoms with van der Waals surface area (Å²) >= 11 is 5.98. The molecule has 0 saturated carbocycles. The van der Waals surface area contributed by atoms with Gasteiger partial charge in [-0.15, -0.1) is 0 Å². The molecule has 168 valence electrons. The molecule has 2 atom stereocenters. The smallest absolute Gasteiger partial charge is 0.249 e. The van der Waals surface area contributed by atoms with Crippen LogP contribution < -0.4 is 10.1 Å². The van der Waals surface area contributed by atoms with Crippen LogP contribution in [0, 0.1) is 17.2 Å². The van der Waals surface area contributed by atoms with Crippen LogP contribution in [0.2, 0.25) is 5.02 Å². The van der Waals surface area contributed by atoms with Crippen molar-refractivity contribution < 1.29 is 14.3 Å². The summed E-state index contributed by atoms with van der Waals surface area (Å²) in [5.74, 6) is -2.35.